The lowest BCUT2D eigenvalue weighted by atomic mass is 9.96. The SMILES string of the molecule is C=CC(=O)N1CCN(c2nc(NCCCN(C)CCCNc3cccc4c3C(=O)N(C3CCC(=O)NC3=O)C4=O)nc3c(F)c(-c4cc(O)cc5ccccc45)c(Cl)cc23)CC1. The summed E-state index contributed by atoms with van der Waals surface area (Å²) < 4.78 is 17.0. The van der Waals surface area contributed by atoms with Gasteiger partial charge in [0, 0.05) is 62.3 Å². The van der Waals surface area contributed by atoms with Crippen molar-refractivity contribution in [3.63, 3.8) is 0 Å². The first-order valence-electron chi connectivity index (χ1n) is 20.5. The van der Waals surface area contributed by atoms with Gasteiger partial charge in [0.05, 0.1) is 16.1 Å². The first kappa shape index (κ1) is 42.1. The number of phenolic OH excluding ortho intramolecular Hbond substituents is 1. The fourth-order valence-electron chi connectivity index (χ4n) is 8.41. The van der Waals surface area contributed by atoms with Crippen LogP contribution in [-0.2, 0) is 14.4 Å². The van der Waals surface area contributed by atoms with Gasteiger partial charge in [-0.1, -0.05) is 48.5 Å². The van der Waals surface area contributed by atoms with E-state index in [-0.39, 0.29) is 57.7 Å². The van der Waals surface area contributed by atoms with Gasteiger partial charge in [0.25, 0.3) is 11.8 Å². The molecule has 3 aliphatic rings. The van der Waals surface area contributed by atoms with Gasteiger partial charge in [0.1, 0.15) is 23.1 Å². The fraction of sp³-hybridized carbons (Fsp3) is 0.311. The number of halogens is 2. The lowest BCUT2D eigenvalue weighted by Crippen LogP contribution is -2.54. The van der Waals surface area contributed by atoms with Gasteiger partial charge in [0.2, 0.25) is 23.7 Å². The normalized spacial score (nSPS) is 16.6. The topological polar surface area (TPSA) is 180 Å². The number of carbonyl (C=O) groups is 5. The maximum atomic E-state index is 17.0. The monoisotopic (exact) mass is 861 g/mol. The molecule has 4 aromatic carbocycles. The van der Waals surface area contributed by atoms with E-state index in [0.29, 0.717) is 87.7 Å². The zero-order valence-electron chi connectivity index (χ0n) is 34.0. The molecule has 1 atom stereocenters. The van der Waals surface area contributed by atoms with Crippen molar-refractivity contribution in [2.24, 2.45) is 0 Å². The van der Waals surface area contributed by atoms with Gasteiger partial charge in [-0.3, -0.25) is 34.2 Å². The summed E-state index contributed by atoms with van der Waals surface area (Å²) in [6.07, 6.45) is 2.84. The number of amides is 5. The second kappa shape index (κ2) is 17.8. The number of rotatable bonds is 14. The second-order valence-electron chi connectivity index (χ2n) is 15.6. The summed E-state index contributed by atoms with van der Waals surface area (Å²) in [5.41, 5.74) is 1.56. The van der Waals surface area contributed by atoms with Crippen molar-refractivity contribution in [2.45, 2.75) is 31.7 Å². The Hall–Kier alpha value is -6.65. The number of piperidine rings is 1. The number of phenols is 1. The maximum absolute atomic E-state index is 17.0. The molecule has 0 aliphatic carbocycles. The fourth-order valence-corrected chi connectivity index (χ4v) is 8.71. The molecule has 62 heavy (non-hydrogen) atoms. The van der Waals surface area contributed by atoms with Crippen molar-refractivity contribution in [1.82, 2.24) is 30.0 Å². The van der Waals surface area contributed by atoms with Crippen LogP contribution in [0.25, 0.3) is 32.8 Å². The van der Waals surface area contributed by atoms with Crippen LogP contribution in [-0.4, -0.2) is 125 Å². The second-order valence-corrected chi connectivity index (χ2v) is 16.0. The molecule has 0 radical (unpaired) electrons. The zero-order valence-corrected chi connectivity index (χ0v) is 34.8. The summed E-state index contributed by atoms with van der Waals surface area (Å²) >= 11 is 6.88. The summed E-state index contributed by atoms with van der Waals surface area (Å²) in [7, 11) is 1.99. The van der Waals surface area contributed by atoms with Crippen LogP contribution in [0.15, 0.2) is 73.3 Å². The average molecular weight is 862 g/mol. The minimum absolute atomic E-state index is 0.0261. The predicted molar refractivity (Wildman–Crippen MR) is 235 cm³/mol. The van der Waals surface area contributed by atoms with Gasteiger partial charge >= 0.3 is 0 Å². The molecule has 15 nitrogen and oxygen atoms in total. The highest BCUT2D eigenvalue weighted by atomic mass is 35.5. The first-order valence-corrected chi connectivity index (χ1v) is 20.9. The van der Waals surface area contributed by atoms with Crippen LogP contribution in [0.5, 0.6) is 5.75 Å². The number of aromatic nitrogens is 2. The summed E-state index contributed by atoms with van der Waals surface area (Å²) in [5, 5.41) is 21.4. The van der Waals surface area contributed by atoms with Crippen LogP contribution in [0.1, 0.15) is 46.4 Å². The number of nitrogens with zero attached hydrogens (tertiary/aromatic N) is 6. The van der Waals surface area contributed by atoms with E-state index in [2.05, 4.69) is 32.4 Å². The van der Waals surface area contributed by atoms with Gasteiger partial charge in [0.15, 0.2) is 5.82 Å². The Kier molecular flexibility index (Phi) is 12.0. The van der Waals surface area contributed by atoms with Crippen LogP contribution in [0.4, 0.5) is 21.8 Å². The minimum Gasteiger partial charge on any atom is -0.508 e. The number of anilines is 3. The van der Waals surface area contributed by atoms with Crippen LogP contribution in [0, 0.1) is 5.82 Å². The third-order valence-corrected chi connectivity index (χ3v) is 11.8. The number of fused-ring (bicyclic) bond motifs is 3. The van der Waals surface area contributed by atoms with E-state index in [0.717, 1.165) is 15.7 Å². The van der Waals surface area contributed by atoms with Crippen LogP contribution in [0.3, 0.4) is 0 Å². The Balaban J connectivity index is 0.926. The summed E-state index contributed by atoms with van der Waals surface area (Å²) in [6, 6.07) is 16.1. The van der Waals surface area contributed by atoms with Gasteiger partial charge < -0.3 is 30.4 Å². The lowest BCUT2D eigenvalue weighted by Gasteiger charge is -2.35. The third kappa shape index (κ3) is 8.22. The molecule has 0 bridgehead atoms. The number of nitrogens with one attached hydrogen (secondary N) is 3. The molecule has 2 fully saturated rings. The van der Waals surface area contributed by atoms with Crippen LogP contribution < -0.4 is 20.9 Å². The Morgan fingerprint density at radius 1 is 0.935 bits per heavy atom. The number of benzene rings is 4. The molecule has 4 heterocycles. The highest BCUT2D eigenvalue weighted by Crippen LogP contribution is 2.42. The van der Waals surface area contributed by atoms with E-state index in [4.69, 9.17) is 16.6 Å². The van der Waals surface area contributed by atoms with E-state index in [1.54, 1.807) is 35.2 Å². The smallest absolute Gasteiger partial charge is 0.264 e. The van der Waals surface area contributed by atoms with Crippen LogP contribution in [0.2, 0.25) is 5.02 Å². The molecule has 2 saturated heterocycles. The standard InChI is InChI=1S/C45H45ClFN9O6/c1-3-36(59)54-19-21-55(22-20-54)41-31-25-32(46)37(30-24-27(57)23-26-9-4-5-10-28(26)30)39(47)40(31)51-45(52-41)49-16-8-18-53(2)17-7-15-48-33-12-6-11-29-38(33)44(62)56(43(29)61)34-13-14-35(58)50-42(34)60/h3-6,9-12,23-25,34,48,57H,1,7-8,13-22H2,2H3,(H,49,51,52)(H,50,58,60). The van der Waals surface area contributed by atoms with E-state index >= 15 is 4.39 Å². The van der Waals surface area contributed by atoms with Crippen LogP contribution >= 0.6 is 11.6 Å². The maximum Gasteiger partial charge on any atom is 0.264 e. The molecular formula is C45H45ClFN9O6. The predicted octanol–water partition coefficient (Wildman–Crippen LogP) is 5.42. The van der Waals surface area contributed by atoms with Gasteiger partial charge in [-0.25, -0.2) is 9.37 Å². The van der Waals surface area contributed by atoms with E-state index in [1.807, 2.05) is 36.2 Å². The molecule has 0 saturated carbocycles. The molecule has 3 aliphatic heterocycles. The molecule has 8 rings (SSSR count). The summed E-state index contributed by atoms with van der Waals surface area (Å²) in [4.78, 5) is 79.4. The summed E-state index contributed by atoms with van der Waals surface area (Å²) in [6.45, 7) is 7.77. The molecule has 5 amide bonds. The number of hydrogen-bond acceptors (Lipinski definition) is 12. The Labute approximate surface area is 361 Å². The number of carbonyl (C=O) groups excluding carboxylic acids is 5. The Morgan fingerprint density at radius 2 is 1.68 bits per heavy atom. The number of imide groups is 2. The minimum atomic E-state index is -1.03. The lowest BCUT2D eigenvalue weighted by molar-refractivity contribution is -0.136. The van der Waals surface area contributed by atoms with Crippen molar-refractivity contribution >= 4 is 80.3 Å². The summed E-state index contributed by atoms with van der Waals surface area (Å²) in [5.74, 6) is -2.31. The Bertz CT molecular complexity index is 2650. The van der Waals surface area contributed by atoms with Crippen molar-refractivity contribution in [1.29, 1.82) is 0 Å². The van der Waals surface area contributed by atoms with E-state index in [9.17, 15) is 29.1 Å². The Morgan fingerprint density at radius 3 is 2.42 bits per heavy atom. The molecule has 0 spiro atoms. The molecule has 17 heteroatoms. The zero-order chi connectivity index (χ0) is 43.7. The average Bonchev–Trinajstić information content (AvgIpc) is 3.52. The molecule has 5 aromatic rings. The number of piperazine rings is 1. The molecule has 4 N–H and O–H groups in total. The molecule has 1 aromatic heterocycles. The van der Waals surface area contributed by atoms with E-state index in [1.165, 1.54) is 12.1 Å². The van der Waals surface area contributed by atoms with Gasteiger partial charge in [-0.2, -0.15) is 4.98 Å². The number of aromatic hydroxyl groups is 1. The quantitative estimate of drug-likeness (QED) is 0.0634. The van der Waals surface area contributed by atoms with Crippen molar-refractivity contribution in [3.05, 3.63) is 95.3 Å². The molecule has 320 valence electrons. The third-order valence-electron chi connectivity index (χ3n) is 11.5. The molecular weight excluding hydrogens is 817 g/mol. The van der Waals surface area contributed by atoms with Crippen molar-refractivity contribution in [3.8, 4) is 16.9 Å². The number of hydrogen-bond donors (Lipinski definition) is 4. The highest BCUT2D eigenvalue weighted by Gasteiger charge is 2.45. The molecule has 1 unspecified atom stereocenters. The van der Waals surface area contributed by atoms with Crippen molar-refractivity contribution < 1.29 is 33.5 Å². The van der Waals surface area contributed by atoms with Crippen molar-refractivity contribution in [2.75, 3.05) is 74.9 Å². The van der Waals surface area contributed by atoms with Gasteiger partial charge in [-0.05, 0) is 92.1 Å². The highest BCUT2D eigenvalue weighted by molar-refractivity contribution is 6.35. The van der Waals surface area contributed by atoms with Gasteiger partial charge in [-0.15, -0.1) is 0 Å². The first-order chi connectivity index (χ1) is 29.9. The largest absolute Gasteiger partial charge is 0.508 e. The van der Waals surface area contributed by atoms with E-state index < -0.39 is 35.5 Å².